The van der Waals surface area contributed by atoms with Crippen LogP contribution in [0.15, 0.2) is 53.4 Å². The van der Waals surface area contributed by atoms with Crippen molar-refractivity contribution in [3.05, 3.63) is 81.6 Å². The van der Waals surface area contributed by atoms with Gasteiger partial charge in [0, 0.05) is 38.3 Å². The van der Waals surface area contributed by atoms with Gasteiger partial charge in [0.1, 0.15) is 0 Å². The number of aromatic amines is 1. The van der Waals surface area contributed by atoms with E-state index in [0.717, 1.165) is 49.4 Å². The Morgan fingerprint density at radius 3 is 2.67 bits per heavy atom. The predicted molar refractivity (Wildman–Crippen MR) is 114 cm³/mol. The first-order chi connectivity index (χ1) is 13.0. The molecule has 27 heavy (non-hydrogen) atoms. The summed E-state index contributed by atoms with van der Waals surface area (Å²) in [4.78, 5) is 16.9. The highest BCUT2D eigenvalue weighted by atomic mass is 35.5. The summed E-state index contributed by atoms with van der Waals surface area (Å²) in [7, 11) is 0. The van der Waals surface area contributed by atoms with Crippen LogP contribution in [-0.4, -0.2) is 10.9 Å². The molecule has 1 aliphatic heterocycles. The molecule has 2 N–H and O–H groups in total. The lowest BCUT2D eigenvalue weighted by Crippen LogP contribution is -2.03. The monoisotopic (exact) mass is 394 g/mol. The van der Waals surface area contributed by atoms with Crippen LogP contribution in [0, 0.1) is 13.8 Å². The van der Waals surface area contributed by atoms with Crippen molar-refractivity contribution in [1.82, 2.24) is 4.98 Å². The van der Waals surface area contributed by atoms with Crippen LogP contribution in [0.2, 0.25) is 5.02 Å². The van der Waals surface area contributed by atoms with Crippen LogP contribution in [-0.2, 0) is 10.5 Å². The smallest absolute Gasteiger partial charge is 0.256 e. The summed E-state index contributed by atoms with van der Waals surface area (Å²) >= 11 is 7.96. The van der Waals surface area contributed by atoms with E-state index in [9.17, 15) is 4.79 Å². The minimum atomic E-state index is -0.0649. The van der Waals surface area contributed by atoms with Gasteiger partial charge in [0.25, 0.3) is 5.91 Å². The number of hydrogen-bond donors (Lipinski definition) is 2. The molecule has 0 saturated carbocycles. The van der Waals surface area contributed by atoms with Crippen molar-refractivity contribution >= 4 is 46.6 Å². The summed E-state index contributed by atoms with van der Waals surface area (Å²) in [5.74, 6) is 0.721. The highest BCUT2D eigenvalue weighted by molar-refractivity contribution is 7.98. The van der Waals surface area contributed by atoms with E-state index < -0.39 is 0 Å². The molecular weight excluding hydrogens is 376 g/mol. The van der Waals surface area contributed by atoms with Gasteiger partial charge in [0.2, 0.25) is 0 Å². The molecule has 0 bridgehead atoms. The van der Waals surface area contributed by atoms with Gasteiger partial charge in [0.15, 0.2) is 0 Å². The van der Waals surface area contributed by atoms with Crippen molar-refractivity contribution in [3.63, 3.8) is 0 Å². The maximum Gasteiger partial charge on any atom is 0.256 e. The third kappa shape index (κ3) is 3.68. The molecule has 0 fully saturated rings. The zero-order chi connectivity index (χ0) is 19.0. The summed E-state index contributed by atoms with van der Waals surface area (Å²) in [6.45, 7) is 4.06. The molecule has 0 unspecified atom stereocenters. The molecule has 0 atom stereocenters. The first kappa shape index (κ1) is 18.0. The Morgan fingerprint density at radius 2 is 1.93 bits per heavy atom. The summed E-state index contributed by atoms with van der Waals surface area (Å²) in [5, 5.41) is 3.73. The second kappa shape index (κ2) is 7.29. The molecule has 1 amide bonds. The minimum absolute atomic E-state index is 0.0649. The van der Waals surface area contributed by atoms with Crippen molar-refractivity contribution in [2.45, 2.75) is 24.5 Å². The number of aromatic nitrogens is 1. The number of aryl methyl sites for hydroxylation is 2. The number of carbonyl (C=O) groups excluding carboxylic acids is 1. The number of fused-ring (bicyclic) bond motifs is 1. The molecule has 0 saturated heterocycles. The van der Waals surface area contributed by atoms with Crippen LogP contribution < -0.4 is 5.32 Å². The maximum atomic E-state index is 12.5. The van der Waals surface area contributed by atoms with Gasteiger partial charge >= 0.3 is 0 Å². The van der Waals surface area contributed by atoms with E-state index in [1.807, 2.05) is 56.3 Å². The Balaban J connectivity index is 1.63. The van der Waals surface area contributed by atoms with E-state index in [0.29, 0.717) is 5.57 Å². The second-order valence-electron chi connectivity index (χ2n) is 6.65. The first-order valence-corrected chi connectivity index (χ1v) is 10.1. The quantitative estimate of drug-likeness (QED) is 0.416. The number of benzene rings is 2. The van der Waals surface area contributed by atoms with E-state index in [-0.39, 0.29) is 5.91 Å². The number of halogens is 1. The number of nitrogens with one attached hydrogen (secondary N) is 2. The van der Waals surface area contributed by atoms with E-state index in [4.69, 9.17) is 11.6 Å². The van der Waals surface area contributed by atoms with Gasteiger partial charge in [-0.2, -0.15) is 0 Å². The number of amides is 1. The van der Waals surface area contributed by atoms with Crippen LogP contribution >= 0.6 is 23.4 Å². The van der Waals surface area contributed by atoms with Crippen molar-refractivity contribution < 1.29 is 4.79 Å². The minimum Gasteiger partial charge on any atom is -0.359 e. The Hall–Kier alpha value is -2.43. The van der Waals surface area contributed by atoms with Crippen LogP contribution in [0.25, 0.3) is 11.6 Å². The standard InChI is InChI=1S/C22H19ClN2OS/c1-13-9-14(2)24-21(13)11-18-17-10-16(7-8-20(17)25-22(18)26)27-12-15-5-3-4-6-19(15)23/h3-11,24H,12H2,1-2H3,(H,25,26)/b18-11-. The third-order valence-electron chi connectivity index (χ3n) is 4.60. The van der Waals surface area contributed by atoms with Gasteiger partial charge in [-0.25, -0.2) is 0 Å². The molecule has 136 valence electrons. The van der Waals surface area contributed by atoms with Crippen molar-refractivity contribution in [3.8, 4) is 0 Å². The fourth-order valence-electron chi connectivity index (χ4n) is 3.22. The summed E-state index contributed by atoms with van der Waals surface area (Å²) in [5.41, 5.74) is 6.78. The van der Waals surface area contributed by atoms with Gasteiger partial charge in [-0.05, 0) is 61.4 Å². The van der Waals surface area contributed by atoms with Crippen LogP contribution in [0.4, 0.5) is 5.69 Å². The number of carbonyl (C=O) groups is 1. The average molecular weight is 395 g/mol. The van der Waals surface area contributed by atoms with E-state index in [2.05, 4.69) is 22.4 Å². The zero-order valence-electron chi connectivity index (χ0n) is 15.1. The Kier molecular flexibility index (Phi) is 4.85. The molecule has 1 aromatic heterocycles. The second-order valence-corrected chi connectivity index (χ2v) is 8.10. The number of anilines is 1. The van der Waals surface area contributed by atoms with Crippen LogP contribution in [0.1, 0.15) is 28.1 Å². The lowest BCUT2D eigenvalue weighted by Gasteiger charge is -2.06. The van der Waals surface area contributed by atoms with Gasteiger partial charge in [-0.3, -0.25) is 4.79 Å². The molecule has 3 nitrogen and oxygen atoms in total. The van der Waals surface area contributed by atoms with E-state index >= 15 is 0 Å². The number of H-pyrrole nitrogens is 1. The fourth-order valence-corrected chi connectivity index (χ4v) is 4.44. The Bertz CT molecular complexity index is 1070. The average Bonchev–Trinajstić information content (AvgIpc) is 3.13. The molecule has 2 aromatic carbocycles. The molecule has 3 aromatic rings. The van der Waals surface area contributed by atoms with Gasteiger partial charge in [0.05, 0.1) is 5.57 Å². The molecular formula is C22H19ClN2OS. The third-order valence-corrected chi connectivity index (χ3v) is 6.02. The SMILES string of the molecule is Cc1cc(C)c(/C=C2\C(=O)Nc3ccc(SCc4ccccc4Cl)cc32)[nH]1. The van der Waals surface area contributed by atoms with Gasteiger partial charge in [-0.15, -0.1) is 11.8 Å². The lowest BCUT2D eigenvalue weighted by atomic mass is 10.1. The van der Waals surface area contributed by atoms with Crippen molar-refractivity contribution in [1.29, 1.82) is 0 Å². The van der Waals surface area contributed by atoms with Gasteiger partial charge in [-0.1, -0.05) is 29.8 Å². The van der Waals surface area contributed by atoms with E-state index in [1.54, 1.807) is 11.8 Å². The molecule has 5 heteroatoms. The maximum absolute atomic E-state index is 12.5. The molecule has 0 spiro atoms. The van der Waals surface area contributed by atoms with Gasteiger partial charge < -0.3 is 10.3 Å². The highest BCUT2D eigenvalue weighted by Gasteiger charge is 2.24. The molecule has 0 radical (unpaired) electrons. The Labute approximate surface area is 167 Å². The first-order valence-electron chi connectivity index (χ1n) is 8.71. The summed E-state index contributed by atoms with van der Waals surface area (Å²) < 4.78 is 0. The molecule has 0 aliphatic carbocycles. The molecule has 2 heterocycles. The largest absolute Gasteiger partial charge is 0.359 e. The number of rotatable bonds is 4. The molecule has 1 aliphatic rings. The van der Waals surface area contributed by atoms with Crippen LogP contribution in [0.3, 0.4) is 0 Å². The zero-order valence-corrected chi connectivity index (χ0v) is 16.7. The number of thioether (sulfide) groups is 1. The van der Waals surface area contributed by atoms with E-state index in [1.165, 1.54) is 0 Å². The number of hydrogen-bond acceptors (Lipinski definition) is 2. The van der Waals surface area contributed by atoms with Crippen molar-refractivity contribution in [2.24, 2.45) is 0 Å². The normalized spacial score (nSPS) is 14.5. The van der Waals surface area contributed by atoms with Crippen LogP contribution in [0.5, 0.6) is 0 Å². The topological polar surface area (TPSA) is 44.9 Å². The Morgan fingerprint density at radius 1 is 1.11 bits per heavy atom. The highest BCUT2D eigenvalue weighted by Crippen LogP contribution is 2.37. The fraction of sp³-hybridized carbons (Fsp3) is 0.136. The summed E-state index contributed by atoms with van der Waals surface area (Å²) in [6.07, 6.45) is 1.94. The van der Waals surface area contributed by atoms with Crippen molar-refractivity contribution in [2.75, 3.05) is 5.32 Å². The molecule has 4 rings (SSSR count). The summed E-state index contributed by atoms with van der Waals surface area (Å²) in [6, 6.07) is 16.0. The predicted octanol–water partition coefficient (Wildman–Crippen LogP) is 6.07. The lowest BCUT2D eigenvalue weighted by molar-refractivity contribution is -0.110.